The number of carbonyl (C=O) groups excluding carboxylic acids is 5. The number of aliphatic hydroxyl groups excluding tert-OH is 4. The van der Waals surface area contributed by atoms with E-state index in [1.807, 2.05) is 116 Å². The summed E-state index contributed by atoms with van der Waals surface area (Å²) in [6, 6.07) is 28.5. The zero-order valence-electron chi connectivity index (χ0n) is 81.1. The van der Waals surface area contributed by atoms with E-state index in [1.165, 1.54) is 139 Å². The second-order valence-electron chi connectivity index (χ2n) is 36.1. The van der Waals surface area contributed by atoms with Crippen LogP contribution in [0.25, 0.3) is 27.6 Å². The van der Waals surface area contributed by atoms with Crippen molar-refractivity contribution in [2.75, 3.05) is 158 Å². The number of hydrogen-bond acceptors (Lipinski definition) is 32. The van der Waals surface area contributed by atoms with Crippen LogP contribution in [0.1, 0.15) is 110 Å². The van der Waals surface area contributed by atoms with Crippen LogP contribution in [0.3, 0.4) is 0 Å². The van der Waals surface area contributed by atoms with E-state index in [0.717, 1.165) is 138 Å². The summed E-state index contributed by atoms with van der Waals surface area (Å²) in [5, 5.41) is 68.0. The molecule has 21 rings (SSSR count). The highest BCUT2D eigenvalue weighted by Gasteiger charge is 2.30. The number of nitrogens with one attached hydrogen (secondary N) is 2. The van der Waals surface area contributed by atoms with Crippen molar-refractivity contribution in [3.05, 3.63) is 239 Å². The van der Waals surface area contributed by atoms with E-state index >= 15 is 0 Å². The van der Waals surface area contributed by atoms with Gasteiger partial charge in [-0.05, 0) is 246 Å². The third kappa shape index (κ3) is 26.1. The van der Waals surface area contributed by atoms with Gasteiger partial charge in [-0.25, -0.2) is 47.5 Å². The first-order chi connectivity index (χ1) is 70.4. The number of aromatic nitrogens is 10. The van der Waals surface area contributed by atoms with Crippen molar-refractivity contribution in [3.63, 3.8) is 0 Å². The standard InChI is InChI=1S/C23H29N5O3.C22H25N5O3.C21H24N4O3.C20H21ClN4O3.C20H22N4O3/c1-17-15-19(18(16-21(17)30)24-8-13-29)25-22-20-7-3-6-11-28(20)26-23(22)31-14-12-27-9-4-2-5-10-27;28-19-14-17-20(29-12-7-23-17)15-16(19)24-21-18-6-2-5-10-27(18)25-22(21)30-13-11-26-8-3-1-4-9-26;1-15-18(26)9-8-16(20(15)27)22-19-17-7-3-6-12-25(17)23-21(19)28-14-13-24-10-4-2-5-11-24;21-14-12-15(18(27)13-17(14)26)22-19-16-6-2-5-9-25(16)23-20(19)28-11-10-24-7-3-1-4-8-24;25-15-7-8-16(18(26)14-15)21-19-17-6-2-5-11-24(17)22-20(19)27-13-12-23-9-3-1-4-10-23/h3,6-7,11,15-16,24,29H,2,4-5,8-10,12-14H2,1H3;2,5-6,10,14-15,23H,1,3-4,7-9,11-13H2;3,6-9,12,27H,2,4-5,10-11,13-14H2,1H3;2,5-6,9,12-13,26H,1,3-4,7-8,10-11H2;2,5-8,11,14,26H,1,3-4,9-10,12-13H2. The van der Waals surface area contributed by atoms with Crippen LogP contribution in [0.15, 0.2) is 264 Å². The van der Waals surface area contributed by atoms with Crippen LogP contribution >= 0.6 is 11.6 Å². The lowest BCUT2D eigenvalue weighted by molar-refractivity contribution is -0.112. The molecule has 6 aliphatic heterocycles. The van der Waals surface area contributed by atoms with Gasteiger partial charge in [0.05, 0.1) is 56.3 Å². The van der Waals surface area contributed by atoms with Gasteiger partial charge in [0.15, 0.2) is 45.8 Å². The zero-order chi connectivity index (χ0) is 99.6. The maximum Gasteiger partial charge on any atom is 0.260 e. The summed E-state index contributed by atoms with van der Waals surface area (Å²) < 4.78 is 44.2. The van der Waals surface area contributed by atoms with Gasteiger partial charge in [-0.15, -0.1) is 25.5 Å². The molecule has 0 aromatic carbocycles. The normalized spacial score (nSPS) is 19.8. The van der Waals surface area contributed by atoms with E-state index in [1.54, 1.807) is 54.8 Å². The lowest BCUT2D eigenvalue weighted by Crippen LogP contribution is -2.33. The molecule has 0 unspecified atom stereocenters. The van der Waals surface area contributed by atoms with Gasteiger partial charge < -0.3 is 59.5 Å². The monoisotopic (exact) mass is 1980 g/mol. The molecule has 6 saturated heterocycles. The molecule has 0 spiro atoms. The van der Waals surface area contributed by atoms with Crippen LogP contribution in [-0.4, -0.2) is 308 Å². The molecule has 144 heavy (non-hydrogen) atoms. The number of aliphatic imine (C=N–C) groups is 5. The first-order valence-electron chi connectivity index (χ1n) is 49.7. The van der Waals surface area contributed by atoms with Gasteiger partial charge in [0.25, 0.3) is 29.4 Å². The zero-order valence-corrected chi connectivity index (χ0v) is 81.8. The minimum Gasteiger partial charge on any atom is -0.506 e. The van der Waals surface area contributed by atoms with E-state index in [2.05, 4.69) is 80.6 Å². The Kier molecular flexibility index (Phi) is 34.6. The first kappa shape index (κ1) is 101. The Labute approximate surface area is 838 Å². The molecule has 16 heterocycles. The van der Waals surface area contributed by atoms with Crippen LogP contribution in [0, 0.1) is 0 Å². The summed E-state index contributed by atoms with van der Waals surface area (Å²) in [6.07, 6.45) is 44.0. The number of rotatable bonds is 28. The number of halogens is 1. The molecule has 6 N–H and O–H groups in total. The van der Waals surface area contributed by atoms with Gasteiger partial charge in [0, 0.05) is 113 Å². The lowest BCUT2D eigenvalue weighted by atomic mass is 10.0. The molecule has 0 saturated carbocycles. The number of aliphatic hydroxyl groups is 4. The third-order valence-electron chi connectivity index (χ3n) is 25.8. The summed E-state index contributed by atoms with van der Waals surface area (Å²) in [4.78, 5) is 95.1. The average Bonchev–Trinajstić information content (AvgIpc) is 1.46. The van der Waals surface area contributed by atoms with Crippen molar-refractivity contribution in [2.45, 2.75) is 110 Å². The van der Waals surface area contributed by atoms with Crippen molar-refractivity contribution in [2.24, 2.45) is 25.0 Å². The second kappa shape index (κ2) is 49.4. The predicted molar refractivity (Wildman–Crippen MR) is 551 cm³/mol. The minimum atomic E-state index is -0.420. The van der Waals surface area contributed by atoms with Crippen molar-refractivity contribution >= 4 is 125 Å². The van der Waals surface area contributed by atoms with Gasteiger partial charge in [-0.2, -0.15) is 0 Å². The SMILES string of the molecule is CC1=C(O)C(=Nc2c(OCCN3CCCCC3)nn3ccccc23)C=CC1=O.CC1=CC(=Nc2c(OCCN3CCCCC3)nn3ccccc23)C(NCCO)=CC1=O.O=C1C=C(O)C(Cl)=CC1=Nc1c(OCCN2CCCCC2)nn2ccccc12.O=C1C=C2NCCOC2=CC1=Nc1c(OCCN2CCCCC2)nn2ccccc12.O=C1C=CC(=Nc2c(OCCN3CCCCC3)nn3ccccc23)C(O)=C1. The van der Waals surface area contributed by atoms with E-state index in [-0.39, 0.29) is 63.3 Å². The molecule has 752 valence electrons. The fourth-order valence-corrected chi connectivity index (χ4v) is 18.2. The van der Waals surface area contributed by atoms with E-state index in [4.69, 9.17) is 45.0 Å². The molecule has 0 bridgehead atoms. The number of ether oxygens (including phenoxy) is 6. The molecule has 0 atom stereocenters. The third-order valence-corrected chi connectivity index (χ3v) is 26.1. The number of pyridine rings is 5. The van der Waals surface area contributed by atoms with Crippen LogP contribution in [0.2, 0.25) is 0 Å². The van der Waals surface area contributed by atoms with E-state index < -0.39 is 5.78 Å². The smallest absolute Gasteiger partial charge is 0.260 e. The van der Waals surface area contributed by atoms with Crippen LogP contribution < -0.4 is 34.3 Å². The van der Waals surface area contributed by atoms with Crippen molar-refractivity contribution < 1.29 is 72.8 Å². The number of ketones is 5. The van der Waals surface area contributed by atoms with Crippen molar-refractivity contribution in [1.82, 2.24) is 83.2 Å². The fraction of sp³-hybridized carbons (Fsp3) is 0.387. The van der Waals surface area contributed by atoms with Crippen molar-refractivity contribution in [3.8, 4) is 29.4 Å². The summed E-state index contributed by atoms with van der Waals surface area (Å²) in [5.41, 5.74) is 10.5. The molecular formula is C106H121ClN22O15. The number of carbonyl (C=O) groups is 5. The number of allylic oxidation sites excluding steroid dienone is 14. The highest BCUT2D eigenvalue weighted by Crippen LogP contribution is 2.40. The molecule has 11 aliphatic rings. The number of likely N-dealkylation sites (tertiary alicyclic amines) is 5. The Morgan fingerprint density at radius 3 is 1.12 bits per heavy atom. The van der Waals surface area contributed by atoms with Gasteiger partial charge >= 0.3 is 0 Å². The van der Waals surface area contributed by atoms with E-state index in [9.17, 15) is 44.4 Å². The Morgan fingerprint density at radius 2 is 0.736 bits per heavy atom. The summed E-state index contributed by atoms with van der Waals surface area (Å²) in [5.74, 6) is 1.11. The topological polar surface area (TPSA) is 410 Å². The number of fused-ring (bicyclic) bond motifs is 6. The first-order valence-corrected chi connectivity index (χ1v) is 50.1. The van der Waals surface area contributed by atoms with Crippen LogP contribution in [0.4, 0.5) is 28.4 Å². The maximum atomic E-state index is 12.6. The quantitative estimate of drug-likeness (QED) is 0.0196. The molecule has 10 aromatic heterocycles. The van der Waals surface area contributed by atoms with Crippen LogP contribution in [0.5, 0.6) is 29.4 Å². The highest BCUT2D eigenvalue weighted by atomic mass is 35.5. The predicted octanol–water partition coefficient (Wildman–Crippen LogP) is 14.0. The van der Waals surface area contributed by atoms with Crippen LogP contribution in [-0.2, 0) is 28.7 Å². The summed E-state index contributed by atoms with van der Waals surface area (Å²) in [6.45, 7) is 22.9. The maximum absolute atomic E-state index is 12.6. The largest absolute Gasteiger partial charge is 0.506 e. The molecule has 38 heteroatoms. The Balaban J connectivity index is 0.000000124. The molecule has 0 radical (unpaired) electrons. The highest BCUT2D eigenvalue weighted by molar-refractivity contribution is 6.52. The Morgan fingerprint density at radius 1 is 0.382 bits per heavy atom. The number of hydrogen-bond donors (Lipinski definition) is 6. The van der Waals surface area contributed by atoms with Gasteiger partial charge in [0.1, 0.15) is 85.5 Å². The van der Waals surface area contributed by atoms with E-state index in [0.29, 0.717) is 156 Å². The Bertz CT molecular complexity index is 6860. The summed E-state index contributed by atoms with van der Waals surface area (Å²) in [7, 11) is 0. The van der Waals surface area contributed by atoms with Gasteiger partial charge in [0.2, 0.25) is 11.6 Å². The molecule has 37 nitrogen and oxygen atoms in total. The number of piperidine rings is 5. The number of nitrogens with zero attached hydrogens (tertiary/aromatic N) is 20. The molecule has 5 aliphatic carbocycles. The average molecular weight is 1980 g/mol. The molecule has 6 fully saturated rings. The van der Waals surface area contributed by atoms with Crippen molar-refractivity contribution in [1.29, 1.82) is 0 Å². The summed E-state index contributed by atoms with van der Waals surface area (Å²) >= 11 is 5.95. The molecule has 10 aromatic rings. The Hall–Kier alpha value is -14.6. The van der Waals surface area contributed by atoms with Gasteiger partial charge in [-0.3, -0.25) is 48.5 Å². The fourth-order valence-electron chi connectivity index (χ4n) is 18.0. The lowest BCUT2D eigenvalue weighted by Gasteiger charge is -2.25. The van der Waals surface area contributed by atoms with Gasteiger partial charge in [-0.1, -0.05) is 74.0 Å². The minimum absolute atomic E-state index is 0.0386. The molecule has 0 amide bonds. The number of morpholine rings is 1. The molecular weight excluding hydrogens is 1860 g/mol. The second-order valence-corrected chi connectivity index (χ2v) is 36.5.